The molecule has 2 aromatic rings. The van der Waals surface area contributed by atoms with E-state index in [0.717, 1.165) is 30.2 Å². The Morgan fingerprint density at radius 1 is 1.22 bits per heavy atom. The molecule has 0 bridgehead atoms. The van der Waals surface area contributed by atoms with Gasteiger partial charge < -0.3 is 19.6 Å². The Hall–Kier alpha value is -2.50. The molecule has 122 valence electrons. The zero-order valence-electron chi connectivity index (χ0n) is 13.6. The van der Waals surface area contributed by atoms with E-state index in [9.17, 15) is 4.79 Å². The smallest absolute Gasteiger partial charge is 0.317 e. The number of carbonyl (C=O) groups excluding carboxylic acids is 1. The molecule has 23 heavy (non-hydrogen) atoms. The fourth-order valence-electron chi connectivity index (χ4n) is 2.75. The van der Waals surface area contributed by atoms with Gasteiger partial charge in [-0.05, 0) is 19.4 Å². The van der Waals surface area contributed by atoms with Gasteiger partial charge in [0.2, 0.25) is 0 Å². The van der Waals surface area contributed by atoms with Gasteiger partial charge in [-0.2, -0.15) is 0 Å². The molecule has 3 rings (SSSR count). The predicted octanol–water partition coefficient (Wildman–Crippen LogP) is 2.32. The Labute approximate surface area is 136 Å². The second kappa shape index (κ2) is 6.73. The summed E-state index contributed by atoms with van der Waals surface area (Å²) in [7, 11) is 0. The van der Waals surface area contributed by atoms with Crippen LogP contribution in [0.25, 0.3) is 0 Å². The first kappa shape index (κ1) is 15.4. The second-order valence-corrected chi connectivity index (χ2v) is 5.92. The SMILES string of the molecule is Cc1cccc(CNC(=O)N2CCN(c3cc(C)on3)CC2)c1. The third-order valence-electron chi connectivity index (χ3n) is 4.03. The highest BCUT2D eigenvalue weighted by Crippen LogP contribution is 2.16. The van der Waals surface area contributed by atoms with Crippen molar-refractivity contribution in [2.45, 2.75) is 20.4 Å². The first-order valence-corrected chi connectivity index (χ1v) is 7.88. The molecule has 0 unspecified atom stereocenters. The van der Waals surface area contributed by atoms with Crippen LogP contribution in [0.5, 0.6) is 0 Å². The summed E-state index contributed by atoms with van der Waals surface area (Å²) in [5.41, 5.74) is 2.32. The number of piperazine rings is 1. The summed E-state index contributed by atoms with van der Waals surface area (Å²) in [6, 6.07) is 10.1. The van der Waals surface area contributed by atoms with Crippen LogP contribution in [0.15, 0.2) is 34.9 Å². The van der Waals surface area contributed by atoms with Gasteiger partial charge in [0.1, 0.15) is 5.76 Å². The molecule has 1 saturated heterocycles. The Morgan fingerprint density at radius 3 is 2.65 bits per heavy atom. The van der Waals surface area contributed by atoms with Gasteiger partial charge in [-0.1, -0.05) is 35.0 Å². The third-order valence-corrected chi connectivity index (χ3v) is 4.03. The molecule has 2 heterocycles. The molecule has 2 amide bonds. The summed E-state index contributed by atoms with van der Waals surface area (Å²) in [6.07, 6.45) is 0. The number of nitrogens with one attached hydrogen (secondary N) is 1. The largest absolute Gasteiger partial charge is 0.360 e. The van der Waals surface area contributed by atoms with Crippen molar-refractivity contribution in [2.75, 3.05) is 31.1 Å². The normalized spacial score (nSPS) is 14.9. The van der Waals surface area contributed by atoms with E-state index in [2.05, 4.69) is 34.4 Å². The van der Waals surface area contributed by atoms with Crippen LogP contribution in [-0.4, -0.2) is 42.3 Å². The standard InChI is InChI=1S/C17H22N4O2/c1-13-4-3-5-15(10-13)12-18-17(22)21-8-6-20(7-9-21)16-11-14(2)23-19-16/h3-5,10-11H,6-9,12H2,1-2H3,(H,18,22). The number of aromatic nitrogens is 1. The zero-order chi connectivity index (χ0) is 16.2. The van der Waals surface area contributed by atoms with Crippen LogP contribution in [0, 0.1) is 13.8 Å². The van der Waals surface area contributed by atoms with E-state index in [1.54, 1.807) is 0 Å². The van der Waals surface area contributed by atoms with Crippen LogP contribution < -0.4 is 10.2 Å². The molecule has 1 aromatic carbocycles. The molecule has 0 radical (unpaired) electrons. The minimum atomic E-state index is -0.0116. The number of amides is 2. The third kappa shape index (κ3) is 3.83. The summed E-state index contributed by atoms with van der Waals surface area (Å²) < 4.78 is 5.10. The number of anilines is 1. The lowest BCUT2D eigenvalue weighted by molar-refractivity contribution is 0.193. The average Bonchev–Trinajstić information content (AvgIpc) is 2.99. The number of aryl methyl sites for hydroxylation is 2. The summed E-state index contributed by atoms with van der Waals surface area (Å²) in [5, 5.41) is 7.01. The number of hydrogen-bond donors (Lipinski definition) is 1. The summed E-state index contributed by atoms with van der Waals surface area (Å²) in [5.74, 6) is 1.65. The molecular weight excluding hydrogens is 292 g/mol. The molecular formula is C17H22N4O2. The van der Waals surface area contributed by atoms with Crippen molar-refractivity contribution in [1.82, 2.24) is 15.4 Å². The topological polar surface area (TPSA) is 61.6 Å². The van der Waals surface area contributed by atoms with Crippen molar-refractivity contribution < 1.29 is 9.32 Å². The highest BCUT2D eigenvalue weighted by Gasteiger charge is 2.22. The molecule has 0 aliphatic carbocycles. The van der Waals surface area contributed by atoms with E-state index in [4.69, 9.17) is 4.52 Å². The van der Waals surface area contributed by atoms with Gasteiger partial charge in [-0.3, -0.25) is 0 Å². The van der Waals surface area contributed by atoms with Crippen LogP contribution in [0.1, 0.15) is 16.9 Å². The van der Waals surface area contributed by atoms with E-state index in [1.165, 1.54) is 5.56 Å². The molecule has 1 N–H and O–H groups in total. The lowest BCUT2D eigenvalue weighted by Crippen LogP contribution is -2.51. The van der Waals surface area contributed by atoms with E-state index in [1.807, 2.05) is 30.0 Å². The molecule has 1 aliphatic heterocycles. The number of rotatable bonds is 3. The van der Waals surface area contributed by atoms with E-state index in [0.29, 0.717) is 19.6 Å². The minimum absolute atomic E-state index is 0.0116. The predicted molar refractivity (Wildman–Crippen MR) is 88.4 cm³/mol. The first-order chi connectivity index (χ1) is 11.1. The molecule has 6 heteroatoms. The van der Waals surface area contributed by atoms with Crippen LogP contribution in [-0.2, 0) is 6.54 Å². The first-order valence-electron chi connectivity index (χ1n) is 7.88. The lowest BCUT2D eigenvalue weighted by atomic mass is 10.1. The lowest BCUT2D eigenvalue weighted by Gasteiger charge is -2.34. The maximum Gasteiger partial charge on any atom is 0.317 e. The molecule has 6 nitrogen and oxygen atoms in total. The summed E-state index contributed by atoms with van der Waals surface area (Å²) in [4.78, 5) is 16.3. The molecule has 0 saturated carbocycles. The Morgan fingerprint density at radius 2 is 2.00 bits per heavy atom. The zero-order valence-corrected chi connectivity index (χ0v) is 13.6. The monoisotopic (exact) mass is 314 g/mol. The Balaban J connectivity index is 1.48. The maximum atomic E-state index is 12.3. The Kier molecular flexibility index (Phi) is 4.50. The summed E-state index contributed by atoms with van der Waals surface area (Å²) >= 11 is 0. The van der Waals surface area contributed by atoms with Gasteiger partial charge in [-0.15, -0.1) is 0 Å². The van der Waals surface area contributed by atoms with Crippen LogP contribution in [0.2, 0.25) is 0 Å². The number of benzene rings is 1. The highest BCUT2D eigenvalue weighted by molar-refractivity contribution is 5.74. The molecule has 1 fully saturated rings. The molecule has 0 atom stereocenters. The second-order valence-electron chi connectivity index (χ2n) is 5.92. The van der Waals surface area contributed by atoms with Gasteiger partial charge in [-0.25, -0.2) is 4.79 Å². The number of carbonyl (C=O) groups is 1. The van der Waals surface area contributed by atoms with E-state index >= 15 is 0 Å². The van der Waals surface area contributed by atoms with Gasteiger partial charge >= 0.3 is 6.03 Å². The minimum Gasteiger partial charge on any atom is -0.360 e. The van der Waals surface area contributed by atoms with Crippen molar-refractivity contribution in [3.8, 4) is 0 Å². The van der Waals surface area contributed by atoms with Gasteiger partial charge in [0, 0.05) is 38.8 Å². The van der Waals surface area contributed by atoms with Crippen molar-refractivity contribution in [3.63, 3.8) is 0 Å². The number of nitrogens with zero attached hydrogens (tertiary/aromatic N) is 3. The van der Waals surface area contributed by atoms with Crippen LogP contribution in [0.3, 0.4) is 0 Å². The van der Waals surface area contributed by atoms with Crippen LogP contribution >= 0.6 is 0 Å². The van der Waals surface area contributed by atoms with Crippen LogP contribution in [0.4, 0.5) is 10.6 Å². The molecule has 1 aliphatic rings. The van der Waals surface area contributed by atoms with Gasteiger partial charge in [0.25, 0.3) is 0 Å². The van der Waals surface area contributed by atoms with Gasteiger partial charge in [0.15, 0.2) is 5.82 Å². The number of hydrogen-bond acceptors (Lipinski definition) is 4. The quantitative estimate of drug-likeness (QED) is 0.944. The van der Waals surface area contributed by atoms with E-state index in [-0.39, 0.29) is 6.03 Å². The van der Waals surface area contributed by atoms with E-state index < -0.39 is 0 Å². The number of urea groups is 1. The average molecular weight is 314 g/mol. The van der Waals surface area contributed by atoms with Crippen molar-refractivity contribution in [1.29, 1.82) is 0 Å². The molecule has 0 spiro atoms. The summed E-state index contributed by atoms with van der Waals surface area (Å²) in [6.45, 7) is 7.40. The maximum absolute atomic E-state index is 12.3. The molecule has 1 aromatic heterocycles. The Bertz CT molecular complexity index is 675. The highest BCUT2D eigenvalue weighted by atomic mass is 16.5. The van der Waals surface area contributed by atoms with Crippen molar-refractivity contribution in [2.24, 2.45) is 0 Å². The van der Waals surface area contributed by atoms with Gasteiger partial charge in [0.05, 0.1) is 0 Å². The van der Waals surface area contributed by atoms with Crippen molar-refractivity contribution in [3.05, 3.63) is 47.2 Å². The van der Waals surface area contributed by atoms with Crippen molar-refractivity contribution >= 4 is 11.8 Å². The fourth-order valence-corrected chi connectivity index (χ4v) is 2.75. The fraction of sp³-hybridized carbons (Fsp3) is 0.412.